The van der Waals surface area contributed by atoms with Gasteiger partial charge in [-0.25, -0.2) is 0 Å². The number of aromatic nitrogens is 2. The van der Waals surface area contributed by atoms with Crippen LogP contribution in [0.5, 0.6) is 5.75 Å². The third-order valence-electron chi connectivity index (χ3n) is 3.50. The van der Waals surface area contributed by atoms with Crippen molar-refractivity contribution in [1.82, 2.24) is 15.1 Å². The van der Waals surface area contributed by atoms with E-state index in [9.17, 15) is 4.79 Å². The van der Waals surface area contributed by atoms with Gasteiger partial charge >= 0.3 is 0 Å². The van der Waals surface area contributed by atoms with Gasteiger partial charge in [0.2, 0.25) is 0 Å². The van der Waals surface area contributed by atoms with Crippen LogP contribution >= 0.6 is 0 Å². The Balaban J connectivity index is 1.81. The standard InChI is InChI=1S/C17H17N3O3/c1-20-15(13-7-3-4-8-16(13)22-2)10-14(19-20)17(21)18-11-12-6-5-9-23-12/h3-10H,11H2,1-2H3,(H,18,21). The molecule has 0 radical (unpaired) electrons. The molecule has 0 aliphatic heterocycles. The number of methoxy groups -OCH3 is 1. The van der Waals surface area contributed by atoms with Gasteiger partial charge in [0, 0.05) is 12.6 Å². The second-order valence-corrected chi connectivity index (χ2v) is 5.00. The quantitative estimate of drug-likeness (QED) is 0.786. The molecule has 2 aromatic heterocycles. The molecule has 0 fully saturated rings. The van der Waals surface area contributed by atoms with E-state index in [-0.39, 0.29) is 5.91 Å². The van der Waals surface area contributed by atoms with E-state index in [1.54, 1.807) is 43.3 Å². The summed E-state index contributed by atoms with van der Waals surface area (Å²) >= 11 is 0. The van der Waals surface area contributed by atoms with Crippen molar-refractivity contribution in [2.24, 2.45) is 7.05 Å². The topological polar surface area (TPSA) is 69.3 Å². The first kappa shape index (κ1) is 14.9. The van der Waals surface area contributed by atoms with E-state index in [2.05, 4.69) is 10.4 Å². The number of carbonyl (C=O) groups is 1. The highest BCUT2D eigenvalue weighted by atomic mass is 16.5. The molecule has 1 amide bonds. The zero-order chi connectivity index (χ0) is 16.2. The Labute approximate surface area is 133 Å². The maximum Gasteiger partial charge on any atom is 0.272 e. The Kier molecular flexibility index (Phi) is 4.14. The summed E-state index contributed by atoms with van der Waals surface area (Å²) in [5, 5.41) is 7.06. The molecular weight excluding hydrogens is 294 g/mol. The molecule has 2 heterocycles. The smallest absolute Gasteiger partial charge is 0.272 e. The summed E-state index contributed by atoms with van der Waals surface area (Å²) in [6.07, 6.45) is 1.57. The van der Waals surface area contributed by atoms with Crippen molar-refractivity contribution in [2.75, 3.05) is 7.11 Å². The van der Waals surface area contributed by atoms with Crippen LogP contribution < -0.4 is 10.1 Å². The number of furan rings is 1. The van der Waals surface area contributed by atoms with E-state index in [0.717, 1.165) is 17.0 Å². The van der Waals surface area contributed by atoms with Gasteiger partial charge in [-0.2, -0.15) is 5.10 Å². The molecule has 0 aliphatic carbocycles. The minimum absolute atomic E-state index is 0.252. The van der Waals surface area contributed by atoms with Crippen molar-refractivity contribution >= 4 is 5.91 Å². The van der Waals surface area contributed by atoms with Gasteiger partial charge < -0.3 is 14.5 Å². The SMILES string of the molecule is COc1ccccc1-c1cc(C(=O)NCc2ccco2)nn1C. The highest BCUT2D eigenvalue weighted by Gasteiger charge is 2.16. The molecular formula is C17H17N3O3. The van der Waals surface area contributed by atoms with Crippen LogP contribution in [-0.4, -0.2) is 22.8 Å². The first-order valence-corrected chi connectivity index (χ1v) is 7.17. The normalized spacial score (nSPS) is 10.5. The van der Waals surface area contributed by atoms with Gasteiger partial charge in [-0.05, 0) is 30.3 Å². The van der Waals surface area contributed by atoms with Crippen LogP contribution in [0.25, 0.3) is 11.3 Å². The molecule has 0 aliphatic rings. The first-order valence-electron chi connectivity index (χ1n) is 7.17. The average Bonchev–Trinajstić information content (AvgIpc) is 3.22. The fourth-order valence-corrected chi connectivity index (χ4v) is 2.36. The Morgan fingerprint density at radius 1 is 1.30 bits per heavy atom. The summed E-state index contributed by atoms with van der Waals surface area (Å²) in [5.41, 5.74) is 2.04. The molecule has 3 aromatic rings. The molecule has 23 heavy (non-hydrogen) atoms. The fraction of sp³-hybridized carbons (Fsp3) is 0.176. The molecule has 0 spiro atoms. The number of nitrogens with one attached hydrogen (secondary N) is 1. The Morgan fingerprint density at radius 3 is 2.87 bits per heavy atom. The highest BCUT2D eigenvalue weighted by molar-refractivity contribution is 5.93. The minimum Gasteiger partial charge on any atom is -0.496 e. The molecule has 1 aromatic carbocycles. The summed E-state index contributed by atoms with van der Waals surface area (Å²) in [6.45, 7) is 0.326. The zero-order valence-electron chi connectivity index (χ0n) is 12.9. The van der Waals surface area contributed by atoms with Crippen molar-refractivity contribution in [3.63, 3.8) is 0 Å². The van der Waals surface area contributed by atoms with Gasteiger partial charge in [0.05, 0.1) is 25.6 Å². The fourth-order valence-electron chi connectivity index (χ4n) is 2.36. The zero-order valence-corrected chi connectivity index (χ0v) is 12.9. The minimum atomic E-state index is -0.252. The maximum atomic E-state index is 12.2. The molecule has 0 bridgehead atoms. The monoisotopic (exact) mass is 311 g/mol. The number of ether oxygens (including phenoxy) is 1. The van der Waals surface area contributed by atoms with Crippen molar-refractivity contribution in [2.45, 2.75) is 6.54 Å². The van der Waals surface area contributed by atoms with Crippen LogP contribution in [-0.2, 0) is 13.6 Å². The molecule has 0 atom stereocenters. The molecule has 1 N–H and O–H groups in total. The summed E-state index contributed by atoms with van der Waals surface area (Å²) in [5.74, 6) is 1.18. The van der Waals surface area contributed by atoms with Crippen LogP contribution in [0.15, 0.2) is 53.1 Å². The Morgan fingerprint density at radius 2 is 2.13 bits per heavy atom. The molecule has 0 unspecified atom stereocenters. The van der Waals surface area contributed by atoms with E-state index >= 15 is 0 Å². The first-order chi connectivity index (χ1) is 11.2. The van der Waals surface area contributed by atoms with Crippen molar-refractivity contribution in [1.29, 1.82) is 0 Å². The summed E-state index contributed by atoms with van der Waals surface area (Å²) in [6, 6.07) is 13.0. The Bertz CT molecular complexity index is 806. The van der Waals surface area contributed by atoms with Crippen LogP contribution in [0.4, 0.5) is 0 Å². The van der Waals surface area contributed by atoms with Gasteiger partial charge in [-0.3, -0.25) is 9.48 Å². The van der Waals surface area contributed by atoms with Gasteiger partial charge in [-0.15, -0.1) is 0 Å². The third kappa shape index (κ3) is 3.11. The summed E-state index contributed by atoms with van der Waals surface area (Å²) in [4.78, 5) is 12.2. The number of hydrogen-bond donors (Lipinski definition) is 1. The van der Waals surface area contributed by atoms with E-state index in [0.29, 0.717) is 18.0 Å². The van der Waals surface area contributed by atoms with Crippen LogP contribution in [0.2, 0.25) is 0 Å². The predicted molar refractivity (Wildman–Crippen MR) is 85.1 cm³/mol. The number of aryl methyl sites for hydroxylation is 1. The van der Waals surface area contributed by atoms with Gasteiger partial charge in [0.25, 0.3) is 5.91 Å². The van der Waals surface area contributed by atoms with Crippen molar-refractivity contribution in [3.8, 4) is 17.0 Å². The lowest BCUT2D eigenvalue weighted by molar-refractivity contribution is 0.0942. The molecule has 0 saturated heterocycles. The average molecular weight is 311 g/mol. The summed E-state index contributed by atoms with van der Waals surface area (Å²) < 4.78 is 12.2. The molecule has 118 valence electrons. The summed E-state index contributed by atoms with van der Waals surface area (Å²) in [7, 11) is 3.41. The Hall–Kier alpha value is -3.02. The number of rotatable bonds is 5. The predicted octanol–water partition coefficient (Wildman–Crippen LogP) is 2.62. The number of para-hydroxylation sites is 1. The lowest BCUT2D eigenvalue weighted by Crippen LogP contribution is -2.23. The van der Waals surface area contributed by atoms with Crippen LogP contribution in [0, 0.1) is 0 Å². The van der Waals surface area contributed by atoms with Gasteiger partial charge in [0.1, 0.15) is 11.5 Å². The number of hydrogen-bond acceptors (Lipinski definition) is 4. The molecule has 6 nitrogen and oxygen atoms in total. The van der Waals surface area contributed by atoms with E-state index in [4.69, 9.17) is 9.15 Å². The molecule has 0 saturated carbocycles. The lowest BCUT2D eigenvalue weighted by atomic mass is 10.1. The van der Waals surface area contributed by atoms with Gasteiger partial charge in [0.15, 0.2) is 5.69 Å². The van der Waals surface area contributed by atoms with Gasteiger partial charge in [-0.1, -0.05) is 12.1 Å². The number of benzene rings is 1. The van der Waals surface area contributed by atoms with Crippen LogP contribution in [0.3, 0.4) is 0 Å². The second-order valence-electron chi connectivity index (χ2n) is 5.00. The molecule has 6 heteroatoms. The van der Waals surface area contributed by atoms with Crippen molar-refractivity contribution in [3.05, 3.63) is 60.2 Å². The number of amides is 1. The maximum absolute atomic E-state index is 12.2. The van der Waals surface area contributed by atoms with E-state index in [1.165, 1.54) is 0 Å². The lowest BCUT2D eigenvalue weighted by Gasteiger charge is -2.07. The second kappa shape index (κ2) is 6.39. The number of carbonyl (C=O) groups excluding carboxylic acids is 1. The van der Waals surface area contributed by atoms with E-state index in [1.807, 2.05) is 24.3 Å². The van der Waals surface area contributed by atoms with Crippen LogP contribution in [0.1, 0.15) is 16.2 Å². The highest BCUT2D eigenvalue weighted by Crippen LogP contribution is 2.29. The largest absolute Gasteiger partial charge is 0.496 e. The number of nitrogens with zero attached hydrogens (tertiary/aromatic N) is 2. The third-order valence-corrected chi connectivity index (χ3v) is 3.50. The van der Waals surface area contributed by atoms with E-state index < -0.39 is 0 Å². The molecule has 3 rings (SSSR count). The van der Waals surface area contributed by atoms with Crippen molar-refractivity contribution < 1.29 is 13.9 Å².